The summed E-state index contributed by atoms with van der Waals surface area (Å²) in [6.07, 6.45) is -0.00306. The third-order valence-electron chi connectivity index (χ3n) is 5.73. The van der Waals surface area contributed by atoms with Gasteiger partial charge in [0.15, 0.2) is 0 Å². The Labute approximate surface area is 187 Å². The zero-order valence-electron chi connectivity index (χ0n) is 17.6. The average molecular weight is 458 g/mol. The molecule has 7 nitrogen and oxygen atoms in total. The van der Waals surface area contributed by atoms with E-state index in [1.54, 1.807) is 30.9 Å². The van der Waals surface area contributed by atoms with Crippen LogP contribution in [-0.2, 0) is 30.9 Å². The molecule has 3 aromatic rings. The molecule has 1 aromatic heterocycles. The molecule has 1 aliphatic carbocycles. The van der Waals surface area contributed by atoms with Crippen molar-refractivity contribution in [1.29, 1.82) is 0 Å². The third-order valence-corrected chi connectivity index (χ3v) is 5.73. The normalized spacial score (nSPS) is 15.6. The van der Waals surface area contributed by atoms with Gasteiger partial charge in [0, 0.05) is 36.0 Å². The largest absolute Gasteiger partial charge is 0.416 e. The molecular formula is C23H21F3N4O3. The first-order chi connectivity index (χ1) is 15.6. The summed E-state index contributed by atoms with van der Waals surface area (Å²) in [7, 11) is 1.65. The van der Waals surface area contributed by atoms with Gasteiger partial charge < -0.3 is 5.32 Å². The molecule has 1 heterocycles. The van der Waals surface area contributed by atoms with Crippen molar-refractivity contribution in [3.63, 3.8) is 0 Å². The molecule has 0 aliphatic heterocycles. The minimum Gasteiger partial charge on any atom is -0.322 e. The van der Waals surface area contributed by atoms with Crippen molar-refractivity contribution in [2.24, 2.45) is 13.0 Å². The van der Waals surface area contributed by atoms with Crippen LogP contribution in [0.15, 0.2) is 48.8 Å². The maximum absolute atomic E-state index is 13.5. The molecular weight excluding hydrogens is 437 g/mol. The summed E-state index contributed by atoms with van der Waals surface area (Å²) in [6, 6.07) is 8.40. The van der Waals surface area contributed by atoms with Crippen LogP contribution in [0.5, 0.6) is 0 Å². The van der Waals surface area contributed by atoms with E-state index in [0.29, 0.717) is 30.5 Å². The van der Waals surface area contributed by atoms with E-state index < -0.39 is 23.6 Å². The number of nitrogens with one attached hydrogen (secondary N) is 2. The SMILES string of the molecule is Cn1cc(-c2cc(C(=O)Nc3ccc4c(c3)CC(C(=O)NO)CC4)cc(C(F)(F)F)c2)cn1. The van der Waals surface area contributed by atoms with E-state index in [2.05, 4.69) is 10.4 Å². The topological polar surface area (TPSA) is 96.2 Å². The second-order valence-electron chi connectivity index (χ2n) is 8.05. The van der Waals surface area contributed by atoms with Gasteiger partial charge in [-0.15, -0.1) is 0 Å². The lowest BCUT2D eigenvalue weighted by Gasteiger charge is -2.23. The van der Waals surface area contributed by atoms with Crippen LogP contribution in [0.25, 0.3) is 11.1 Å². The molecule has 0 saturated heterocycles. The number of aromatic nitrogens is 2. The highest BCUT2D eigenvalue weighted by Gasteiger charge is 2.32. The number of nitrogens with zero attached hydrogens (tertiary/aromatic N) is 2. The van der Waals surface area contributed by atoms with Crippen LogP contribution in [0.4, 0.5) is 18.9 Å². The van der Waals surface area contributed by atoms with E-state index >= 15 is 0 Å². The first-order valence-electron chi connectivity index (χ1n) is 10.2. The molecule has 2 amide bonds. The summed E-state index contributed by atoms with van der Waals surface area (Å²) in [5.41, 5.74) is 3.55. The molecule has 1 aliphatic rings. The van der Waals surface area contributed by atoms with Gasteiger partial charge in [-0.1, -0.05) is 6.07 Å². The Bertz CT molecular complexity index is 1220. The predicted molar refractivity (Wildman–Crippen MR) is 113 cm³/mol. The summed E-state index contributed by atoms with van der Waals surface area (Å²) in [4.78, 5) is 24.6. The van der Waals surface area contributed by atoms with Gasteiger partial charge in [-0.25, -0.2) is 5.48 Å². The fraction of sp³-hybridized carbons (Fsp3) is 0.261. The molecule has 33 heavy (non-hydrogen) atoms. The van der Waals surface area contributed by atoms with Crippen molar-refractivity contribution in [2.45, 2.75) is 25.4 Å². The standard InChI is InChI=1S/C23H21F3N4O3/c1-30-12-18(11-27-30)15-7-17(9-19(8-15)23(24,25)26)21(31)28-20-5-4-13-2-3-14(22(32)29-33)6-16(13)10-20/h4-5,7-12,14,33H,2-3,6H2,1H3,(H,28,31)(H,29,32). The molecule has 4 rings (SSSR count). The molecule has 0 fully saturated rings. The molecule has 1 atom stereocenters. The van der Waals surface area contributed by atoms with Crippen molar-refractivity contribution in [2.75, 3.05) is 5.32 Å². The molecule has 10 heteroatoms. The predicted octanol–water partition coefficient (Wildman–Crippen LogP) is 3.97. The Morgan fingerprint density at radius 3 is 2.58 bits per heavy atom. The van der Waals surface area contributed by atoms with E-state index in [4.69, 9.17) is 5.21 Å². The number of hydrogen-bond acceptors (Lipinski definition) is 4. The number of alkyl halides is 3. The summed E-state index contributed by atoms with van der Waals surface area (Å²) in [6.45, 7) is 0. The van der Waals surface area contributed by atoms with Crippen LogP contribution >= 0.6 is 0 Å². The summed E-state index contributed by atoms with van der Waals surface area (Å²) in [5, 5.41) is 15.5. The fourth-order valence-electron chi connectivity index (χ4n) is 4.01. The molecule has 1 unspecified atom stereocenters. The van der Waals surface area contributed by atoms with Crippen LogP contribution in [0, 0.1) is 5.92 Å². The van der Waals surface area contributed by atoms with E-state index in [9.17, 15) is 22.8 Å². The van der Waals surface area contributed by atoms with Crippen molar-refractivity contribution in [3.8, 4) is 11.1 Å². The molecule has 172 valence electrons. The first kappa shape index (κ1) is 22.5. The number of carbonyl (C=O) groups is 2. The lowest BCUT2D eigenvalue weighted by Crippen LogP contribution is -2.32. The molecule has 0 bridgehead atoms. The number of hydroxylamine groups is 1. The Hall–Kier alpha value is -3.66. The number of halogens is 3. The Balaban J connectivity index is 1.62. The number of aryl methyl sites for hydroxylation is 2. The van der Waals surface area contributed by atoms with Crippen LogP contribution in [0.2, 0.25) is 0 Å². The number of carbonyl (C=O) groups excluding carboxylic acids is 2. The van der Waals surface area contributed by atoms with Gasteiger partial charge in [-0.05, 0) is 66.3 Å². The molecule has 3 N–H and O–H groups in total. The van der Waals surface area contributed by atoms with Crippen molar-refractivity contribution in [1.82, 2.24) is 15.3 Å². The lowest BCUT2D eigenvalue weighted by molar-refractivity contribution is -0.137. The van der Waals surface area contributed by atoms with E-state index in [1.165, 1.54) is 16.9 Å². The van der Waals surface area contributed by atoms with Gasteiger partial charge in [0.2, 0.25) is 5.91 Å². The number of fused-ring (bicyclic) bond motifs is 1. The highest BCUT2D eigenvalue weighted by Crippen LogP contribution is 2.34. The van der Waals surface area contributed by atoms with Gasteiger partial charge >= 0.3 is 6.18 Å². The van der Waals surface area contributed by atoms with Crippen LogP contribution < -0.4 is 10.8 Å². The zero-order chi connectivity index (χ0) is 23.8. The molecule has 0 spiro atoms. The fourth-order valence-corrected chi connectivity index (χ4v) is 4.01. The minimum atomic E-state index is -4.62. The second kappa shape index (κ2) is 8.70. The summed E-state index contributed by atoms with van der Waals surface area (Å²) < 4.78 is 41.9. The molecule has 0 radical (unpaired) electrons. The highest BCUT2D eigenvalue weighted by atomic mass is 19.4. The number of anilines is 1. The Kier molecular flexibility index (Phi) is 5.94. The maximum Gasteiger partial charge on any atom is 0.416 e. The van der Waals surface area contributed by atoms with Crippen molar-refractivity contribution < 1.29 is 28.0 Å². The number of rotatable bonds is 4. The smallest absolute Gasteiger partial charge is 0.322 e. The number of benzene rings is 2. The van der Waals surface area contributed by atoms with Crippen molar-refractivity contribution >= 4 is 17.5 Å². The first-order valence-corrected chi connectivity index (χ1v) is 10.2. The Morgan fingerprint density at radius 2 is 1.91 bits per heavy atom. The van der Waals surface area contributed by atoms with Gasteiger partial charge in [0.1, 0.15) is 0 Å². The lowest BCUT2D eigenvalue weighted by atomic mass is 9.83. The Morgan fingerprint density at radius 1 is 1.12 bits per heavy atom. The van der Waals surface area contributed by atoms with Crippen LogP contribution in [0.3, 0.4) is 0 Å². The third kappa shape index (κ3) is 4.90. The zero-order valence-corrected chi connectivity index (χ0v) is 17.6. The maximum atomic E-state index is 13.5. The molecule has 0 saturated carbocycles. The van der Waals surface area contributed by atoms with Gasteiger partial charge in [-0.2, -0.15) is 18.3 Å². The summed E-state index contributed by atoms with van der Waals surface area (Å²) >= 11 is 0. The average Bonchev–Trinajstić information content (AvgIpc) is 3.23. The quantitative estimate of drug-likeness (QED) is 0.407. The van der Waals surface area contributed by atoms with E-state index in [-0.39, 0.29) is 17.0 Å². The second-order valence-corrected chi connectivity index (χ2v) is 8.05. The highest BCUT2D eigenvalue weighted by molar-refractivity contribution is 6.05. The van der Waals surface area contributed by atoms with Crippen LogP contribution in [0.1, 0.15) is 33.5 Å². The van der Waals surface area contributed by atoms with Crippen LogP contribution in [-0.4, -0.2) is 26.8 Å². The number of amides is 2. The minimum absolute atomic E-state index is 0.140. The van der Waals surface area contributed by atoms with Gasteiger partial charge in [0.25, 0.3) is 5.91 Å². The monoisotopic (exact) mass is 458 g/mol. The van der Waals surface area contributed by atoms with E-state index in [0.717, 1.165) is 23.3 Å². The summed E-state index contributed by atoms with van der Waals surface area (Å²) in [5.74, 6) is -1.55. The van der Waals surface area contributed by atoms with Gasteiger partial charge in [-0.3, -0.25) is 19.5 Å². The van der Waals surface area contributed by atoms with Crippen molar-refractivity contribution in [3.05, 3.63) is 71.0 Å². The van der Waals surface area contributed by atoms with E-state index in [1.807, 2.05) is 6.07 Å². The molecule has 2 aromatic carbocycles. The van der Waals surface area contributed by atoms with Gasteiger partial charge in [0.05, 0.1) is 11.8 Å². The number of hydrogen-bond donors (Lipinski definition) is 3.